The van der Waals surface area contributed by atoms with E-state index in [1.807, 2.05) is 17.0 Å². The standard InChI is InChI=1S/C23H30N2O5/c1-29-11-10-24-20(26)13-23(22(24)28,18-8-3-4-9-19(18)30-2)14-21(27)25-15-16-6-5-7-17(25)12-16/h3-4,8-9,16-17H,5-7,10-15H2,1-2H3/t16-,17+,23-/m0/s1. The van der Waals surface area contributed by atoms with Gasteiger partial charge in [-0.2, -0.15) is 0 Å². The highest BCUT2D eigenvalue weighted by atomic mass is 16.5. The lowest BCUT2D eigenvalue weighted by molar-refractivity contribution is -0.143. The molecule has 1 aromatic rings. The van der Waals surface area contributed by atoms with Crippen LogP contribution >= 0.6 is 0 Å². The number of rotatable bonds is 7. The molecule has 3 amide bonds. The van der Waals surface area contributed by atoms with Gasteiger partial charge in [0, 0.05) is 38.1 Å². The Bertz CT molecular complexity index is 841. The van der Waals surface area contributed by atoms with E-state index in [2.05, 4.69) is 0 Å². The fourth-order valence-corrected chi connectivity index (χ4v) is 5.50. The summed E-state index contributed by atoms with van der Waals surface area (Å²) in [6.07, 6.45) is 4.37. The first-order chi connectivity index (χ1) is 14.5. The van der Waals surface area contributed by atoms with Gasteiger partial charge in [0.2, 0.25) is 17.7 Å². The van der Waals surface area contributed by atoms with E-state index >= 15 is 0 Å². The molecule has 2 aliphatic heterocycles. The molecule has 3 aliphatic rings. The number of carbonyl (C=O) groups is 3. The number of fused-ring (bicyclic) bond motifs is 2. The van der Waals surface area contributed by atoms with Crippen LogP contribution in [0.1, 0.15) is 44.1 Å². The number of nitrogens with zero attached hydrogens (tertiary/aromatic N) is 2. The molecule has 2 heterocycles. The molecule has 0 radical (unpaired) electrons. The van der Waals surface area contributed by atoms with Crippen molar-refractivity contribution in [1.82, 2.24) is 9.80 Å². The van der Waals surface area contributed by atoms with Crippen LogP contribution in [0.15, 0.2) is 24.3 Å². The maximum Gasteiger partial charge on any atom is 0.241 e. The number of imide groups is 1. The number of methoxy groups -OCH3 is 2. The maximum absolute atomic E-state index is 13.6. The zero-order valence-electron chi connectivity index (χ0n) is 17.8. The second-order valence-electron chi connectivity index (χ2n) is 8.71. The number of hydrogen-bond donors (Lipinski definition) is 0. The van der Waals surface area contributed by atoms with Crippen molar-refractivity contribution in [2.45, 2.75) is 50.0 Å². The maximum atomic E-state index is 13.6. The van der Waals surface area contributed by atoms with Crippen molar-refractivity contribution in [3.05, 3.63) is 29.8 Å². The van der Waals surface area contributed by atoms with E-state index in [9.17, 15) is 14.4 Å². The van der Waals surface area contributed by atoms with Gasteiger partial charge < -0.3 is 14.4 Å². The lowest BCUT2D eigenvalue weighted by Gasteiger charge is -2.32. The SMILES string of the molecule is COCCN1C(=O)C[C@](CC(=O)N2C[C@H]3CCC[C@@H]2C3)(c2ccccc2OC)C1=O. The van der Waals surface area contributed by atoms with Gasteiger partial charge in [0.1, 0.15) is 5.75 Å². The molecule has 0 spiro atoms. The van der Waals surface area contributed by atoms with Crippen molar-refractivity contribution < 1.29 is 23.9 Å². The molecule has 0 aromatic heterocycles. The van der Waals surface area contributed by atoms with Crippen LogP contribution in [0.5, 0.6) is 5.75 Å². The van der Waals surface area contributed by atoms with Crippen molar-refractivity contribution in [2.24, 2.45) is 5.92 Å². The molecule has 3 fully saturated rings. The van der Waals surface area contributed by atoms with Gasteiger partial charge in [0.25, 0.3) is 0 Å². The number of carbonyl (C=O) groups excluding carboxylic acids is 3. The molecule has 162 valence electrons. The number of benzene rings is 1. The number of amides is 3. The molecule has 0 unspecified atom stereocenters. The van der Waals surface area contributed by atoms with Crippen molar-refractivity contribution in [3.63, 3.8) is 0 Å². The summed E-state index contributed by atoms with van der Waals surface area (Å²) in [7, 11) is 3.08. The molecule has 3 atom stereocenters. The number of likely N-dealkylation sites (tertiary alicyclic amines) is 2. The second-order valence-corrected chi connectivity index (χ2v) is 8.71. The molecule has 1 saturated carbocycles. The first kappa shape index (κ1) is 20.8. The predicted octanol–water partition coefficient (Wildman–Crippen LogP) is 2.13. The summed E-state index contributed by atoms with van der Waals surface area (Å²) < 4.78 is 10.6. The summed E-state index contributed by atoms with van der Waals surface area (Å²) in [4.78, 5) is 43.1. The van der Waals surface area contributed by atoms with Crippen LogP contribution in [0, 0.1) is 5.92 Å². The number of para-hydroxylation sites is 1. The molecule has 2 saturated heterocycles. The van der Waals surface area contributed by atoms with Gasteiger partial charge in [-0.25, -0.2) is 0 Å². The monoisotopic (exact) mass is 414 g/mol. The minimum absolute atomic E-state index is 0.00928. The van der Waals surface area contributed by atoms with Crippen LogP contribution in [0.2, 0.25) is 0 Å². The molecule has 2 bridgehead atoms. The minimum Gasteiger partial charge on any atom is -0.496 e. The summed E-state index contributed by atoms with van der Waals surface area (Å²) in [6.45, 7) is 1.22. The van der Waals surface area contributed by atoms with E-state index in [4.69, 9.17) is 9.47 Å². The lowest BCUT2D eigenvalue weighted by atomic mass is 9.75. The third kappa shape index (κ3) is 3.49. The fraction of sp³-hybridized carbons (Fsp3) is 0.609. The van der Waals surface area contributed by atoms with Gasteiger partial charge in [-0.3, -0.25) is 19.3 Å². The summed E-state index contributed by atoms with van der Waals surface area (Å²) in [5.74, 6) is 0.458. The highest BCUT2D eigenvalue weighted by molar-refractivity contribution is 6.11. The van der Waals surface area contributed by atoms with Gasteiger partial charge >= 0.3 is 0 Å². The van der Waals surface area contributed by atoms with Gasteiger partial charge in [0.15, 0.2) is 0 Å². The molecular formula is C23H30N2O5. The van der Waals surface area contributed by atoms with Crippen molar-refractivity contribution in [3.8, 4) is 5.75 Å². The van der Waals surface area contributed by atoms with Gasteiger partial charge in [0.05, 0.1) is 25.7 Å². The van der Waals surface area contributed by atoms with Crippen LogP contribution in [0.4, 0.5) is 0 Å². The van der Waals surface area contributed by atoms with E-state index in [1.54, 1.807) is 19.2 Å². The average Bonchev–Trinajstić information content (AvgIpc) is 3.18. The third-order valence-corrected chi connectivity index (χ3v) is 6.97. The van der Waals surface area contributed by atoms with Crippen molar-refractivity contribution in [2.75, 3.05) is 33.9 Å². The van der Waals surface area contributed by atoms with Crippen LogP contribution in [-0.4, -0.2) is 67.5 Å². The van der Waals surface area contributed by atoms with E-state index in [-0.39, 0.29) is 49.8 Å². The quantitative estimate of drug-likeness (QED) is 0.639. The van der Waals surface area contributed by atoms with Crippen LogP contribution in [-0.2, 0) is 24.5 Å². The summed E-state index contributed by atoms with van der Waals surface area (Å²) in [6, 6.07) is 7.50. The molecule has 1 aliphatic carbocycles. The van der Waals surface area contributed by atoms with Gasteiger partial charge in [-0.15, -0.1) is 0 Å². The largest absolute Gasteiger partial charge is 0.496 e. The Morgan fingerprint density at radius 3 is 2.73 bits per heavy atom. The van der Waals surface area contributed by atoms with Crippen LogP contribution in [0.25, 0.3) is 0 Å². The smallest absolute Gasteiger partial charge is 0.241 e. The van der Waals surface area contributed by atoms with Crippen molar-refractivity contribution >= 4 is 17.7 Å². The predicted molar refractivity (Wildman–Crippen MR) is 110 cm³/mol. The Morgan fingerprint density at radius 1 is 1.20 bits per heavy atom. The van der Waals surface area contributed by atoms with E-state index < -0.39 is 5.41 Å². The highest BCUT2D eigenvalue weighted by Crippen LogP contribution is 2.45. The van der Waals surface area contributed by atoms with Crippen molar-refractivity contribution in [1.29, 1.82) is 0 Å². The Morgan fingerprint density at radius 2 is 2.00 bits per heavy atom. The highest BCUT2D eigenvalue weighted by Gasteiger charge is 2.55. The van der Waals surface area contributed by atoms with E-state index in [0.29, 0.717) is 17.2 Å². The first-order valence-electron chi connectivity index (χ1n) is 10.8. The van der Waals surface area contributed by atoms with Crippen LogP contribution < -0.4 is 4.74 Å². The molecule has 30 heavy (non-hydrogen) atoms. The molecule has 7 nitrogen and oxygen atoms in total. The molecule has 1 aromatic carbocycles. The topological polar surface area (TPSA) is 76.2 Å². The molecular weight excluding hydrogens is 384 g/mol. The normalized spacial score (nSPS) is 28.3. The third-order valence-electron chi connectivity index (χ3n) is 6.97. The lowest BCUT2D eigenvalue weighted by Crippen LogP contribution is -2.45. The Kier molecular flexibility index (Phi) is 5.82. The minimum atomic E-state index is -1.23. The fourth-order valence-electron chi connectivity index (χ4n) is 5.50. The summed E-state index contributed by atoms with van der Waals surface area (Å²) >= 11 is 0. The average molecular weight is 415 g/mol. The van der Waals surface area contributed by atoms with Gasteiger partial charge in [-0.1, -0.05) is 24.6 Å². The first-order valence-corrected chi connectivity index (χ1v) is 10.8. The number of hydrogen-bond acceptors (Lipinski definition) is 5. The Labute approximate surface area is 177 Å². The Hall–Kier alpha value is -2.41. The number of ether oxygens (including phenoxy) is 2. The van der Waals surface area contributed by atoms with Gasteiger partial charge in [-0.05, 0) is 31.2 Å². The summed E-state index contributed by atoms with van der Waals surface area (Å²) in [5, 5.41) is 0. The zero-order chi connectivity index (χ0) is 21.3. The van der Waals surface area contributed by atoms with E-state index in [0.717, 1.165) is 25.8 Å². The zero-order valence-corrected chi connectivity index (χ0v) is 17.8. The Balaban J connectivity index is 1.69. The molecule has 7 heteroatoms. The van der Waals surface area contributed by atoms with Crippen LogP contribution in [0.3, 0.4) is 0 Å². The molecule has 0 N–H and O–H groups in total. The summed E-state index contributed by atoms with van der Waals surface area (Å²) in [5.41, 5.74) is -0.619. The van der Waals surface area contributed by atoms with E-state index in [1.165, 1.54) is 18.4 Å². The molecule has 4 rings (SSSR count). The second kappa shape index (κ2) is 8.38.